The molecule has 0 spiro atoms. The minimum absolute atomic E-state index is 0.720. The van der Waals surface area contributed by atoms with Crippen molar-refractivity contribution in [1.82, 2.24) is 19.7 Å². The summed E-state index contributed by atoms with van der Waals surface area (Å²) in [6, 6.07) is 19.9. The molecule has 0 atom stereocenters. The Balaban J connectivity index is 1.59. The lowest BCUT2D eigenvalue weighted by Gasteiger charge is -2.13. The minimum atomic E-state index is 0.720. The number of para-hydroxylation sites is 4. The normalized spacial score (nSPS) is 11.6. The second kappa shape index (κ2) is 4.14. The molecule has 5 heteroatoms. The first-order chi connectivity index (χ1) is 10.9. The van der Waals surface area contributed by atoms with E-state index < -0.39 is 0 Å². The third-order valence-electron chi connectivity index (χ3n) is 3.81. The molecule has 0 fully saturated rings. The zero-order chi connectivity index (χ0) is 14.5. The minimum Gasteiger partial charge on any atom is -0.435 e. The lowest BCUT2D eigenvalue weighted by atomic mass is 10.3. The summed E-state index contributed by atoms with van der Waals surface area (Å²) < 4.78 is 7.85. The lowest BCUT2D eigenvalue weighted by Crippen LogP contribution is -2.06. The van der Waals surface area contributed by atoms with Gasteiger partial charge in [0.2, 0.25) is 5.88 Å². The van der Waals surface area contributed by atoms with Gasteiger partial charge in [-0.05, 0) is 30.3 Å². The van der Waals surface area contributed by atoms with Gasteiger partial charge in [0.15, 0.2) is 11.6 Å². The number of hydrogen-bond acceptors (Lipinski definition) is 2. The van der Waals surface area contributed by atoms with Crippen molar-refractivity contribution in [3.63, 3.8) is 0 Å². The van der Waals surface area contributed by atoms with E-state index >= 15 is 0 Å². The third kappa shape index (κ3) is 1.56. The summed E-state index contributed by atoms with van der Waals surface area (Å²) in [5.74, 6) is 2.20. The van der Waals surface area contributed by atoms with E-state index in [4.69, 9.17) is 4.42 Å². The molecular formula is C17H12N4O. The second-order valence-electron chi connectivity index (χ2n) is 5.20. The highest BCUT2D eigenvalue weighted by Gasteiger charge is 2.13. The predicted octanol–water partition coefficient (Wildman–Crippen LogP) is 4.09. The fraction of sp³-hybridized carbons (Fsp3) is 0. The summed E-state index contributed by atoms with van der Waals surface area (Å²) in [4.78, 5) is 7.83. The largest absolute Gasteiger partial charge is 0.435 e. The molecule has 3 aromatic heterocycles. The highest BCUT2D eigenvalue weighted by Crippen LogP contribution is 2.26. The Morgan fingerprint density at radius 2 is 1.68 bits per heavy atom. The van der Waals surface area contributed by atoms with Crippen molar-refractivity contribution in [2.24, 2.45) is 0 Å². The van der Waals surface area contributed by atoms with E-state index in [0.29, 0.717) is 0 Å². The molecule has 5 rings (SSSR count). The SMILES string of the molecule is c1ccc2[nH]c(-c3ccc(-n4[nH]c5ccccc54)o3)nc2c1. The zero-order valence-corrected chi connectivity index (χ0v) is 11.6. The van der Waals surface area contributed by atoms with Gasteiger partial charge in [0.1, 0.15) is 0 Å². The summed E-state index contributed by atoms with van der Waals surface area (Å²) >= 11 is 0. The Labute approximate surface area is 125 Å². The number of nitrogens with zero attached hydrogens (tertiary/aromatic N) is 2. The first-order valence-corrected chi connectivity index (χ1v) is 7.09. The van der Waals surface area contributed by atoms with Crippen LogP contribution >= 0.6 is 0 Å². The van der Waals surface area contributed by atoms with Crippen molar-refractivity contribution < 1.29 is 4.42 Å². The molecular weight excluding hydrogens is 276 g/mol. The van der Waals surface area contributed by atoms with E-state index in [1.165, 1.54) is 0 Å². The van der Waals surface area contributed by atoms with Gasteiger partial charge in [-0.3, -0.25) is 5.10 Å². The van der Waals surface area contributed by atoms with Crippen LogP contribution in [0.2, 0.25) is 0 Å². The summed E-state index contributed by atoms with van der Waals surface area (Å²) in [5, 5.41) is 3.24. The fourth-order valence-corrected chi connectivity index (χ4v) is 2.71. The van der Waals surface area contributed by atoms with E-state index in [2.05, 4.69) is 21.1 Å². The van der Waals surface area contributed by atoms with E-state index in [1.54, 1.807) is 0 Å². The topological polar surface area (TPSA) is 62.5 Å². The number of rotatable bonds is 2. The molecule has 0 bridgehead atoms. The highest BCUT2D eigenvalue weighted by molar-refractivity contribution is 5.80. The first-order valence-electron chi connectivity index (χ1n) is 7.09. The standard InChI is InChI=1S/C17H12N4O/c1-2-6-12-11(5-1)18-17(19-12)15-9-10-16(22-15)21-14-8-4-3-7-13(14)20-21/h1-10,20H,(H,18,19). The van der Waals surface area contributed by atoms with Gasteiger partial charge in [-0.1, -0.05) is 24.3 Å². The average molecular weight is 288 g/mol. The predicted molar refractivity (Wildman–Crippen MR) is 85.0 cm³/mol. The molecule has 2 N–H and O–H groups in total. The average Bonchev–Trinajstić information content (AvgIpc) is 3.14. The highest BCUT2D eigenvalue weighted by atomic mass is 16.4. The van der Waals surface area contributed by atoms with Crippen molar-refractivity contribution in [1.29, 1.82) is 0 Å². The number of aromatic nitrogens is 4. The fourth-order valence-electron chi connectivity index (χ4n) is 2.71. The summed E-state index contributed by atoms with van der Waals surface area (Å²) in [6.07, 6.45) is 0. The van der Waals surface area contributed by atoms with Gasteiger partial charge in [0.25, 0.3) is 0 Å². The maximum Gasteiger partial charge on any atom is 0.219 e. The molecule has 5 nitrogen and oxygen atoms in total. The van der Waals surface area contributed by atoms with Crippen LogP contribution in [-0.2, 0) is 0 Å². The van der Waals surface area contributed by atoms with E-state index in [9.17, 15) is 0 Å². The number of H-pyrrole nitrogens is 2. The molecule has 106 valence electrons. The van der Waals surface area contributed by atoms with Crippen molar-refractivity contribution in [2.45, 2.75) is 0 Å². The smallest absolute Gasteiger partial charge is 0.219 e. The molecule has 0 aliphatic rings. The van der Waals surface area contributed by atoms with Crippen molar-refractivity contribution >= 4 is 22.1 Å². The van der Waals surface area contributed by atoms with E-state index in [0.717, 1.165) is 39.5 Å². The van der Waals surface area contributed by atoms with Crippen LogP contribution in [0.1, 0.15) is 0 Å². The van der Waals surface area contributed by atoms with Crippen LogP contribution in [0.25, 0.3) is 39.5 Å². The number of nitrogens with one attached hydrogen (secondary N) is 2. The molecule has 0 radical (unpaired) electrons. The maximum absolute atomic E-state index is 5.93. The summed E-state index contributed by atoms with van der Waals surface area (Å²) in [7, 11) is 0. The van der Waals surface area contributed by atoms with E-state index in [-0.39, 0.29) is 0 Å². The van der Waals surface area contributed by atoms with Crippen LogP contribution in [0.3, 0.4) is 0 Å². The molecule has 2 aromatic carbocycles. The van der Waals surface area contributed by atoms with Crippen LogP contribution in [0.15, 0.2) is 65.1 Å². The number of aromatic amines is 2. The Morgan fingerprint density at radius 3 is 2.55 bits per heavy atom. The lowest BCUT2D eigenvalue weighted by molar-refractivity contribution is 0.532. The monoisotopic (exact) mass is 288 g/mol. The van der Waals surface area contributed by atoms with Gasteiger partial charge < -0.3 is 9.40 Å². The Morgan fingerprint density at radius 1 is 0.864 bits per heavy atom. The van der Waals surface area contributed by atoms with Gasteiger partial charge >= 0.3 is 0 Å². The number of hydrogen-bond donors (Lipinski definition) is 2. The maximum atomic E-state index is 5.93. The quantitative estimate of drug-likeness (QED) is 0.514. The second-order valence-corrected chi connectivity index (χ2v) is 5.20. The molecule has 5 aromatic rings. The Bertz CT molecular complexity index is 1060. The van der Waals surface area contributed by atoms with E-state index in [1.807, 2.05) is 59.3 Å². The molecule has 22 heavy (non-hydrogen) atoms. The molecule has 0 saturated carbocycles. The van der Waals surface area contributed by atoms with Crippen molar-refractivity contribution in [3.05, 3.63) is 60.7 Å². The van der Waals surface area contributed by atoms with Crippen LogP contribution in [0.4, 0.5) is 0 Å². The van der Waals surface area contributed by atoms with Gasteiger partial charge in [-0.2, -0.15) is 0 Å². The van der Waals surface area contributed by atoms with Crippen LogP contribution in [0, 0.1) is 0 Å². The number of benzene rings is 2. The van der Waals surface area contributed by atoms with Crippen LogP contribution in [0.5, 0.6) is 0 Å². The van der Waals surface area contributed by atoms with Crippen molar-refractivity contribution in [2.75, 3.05) is 0 Å². The molecule has 3 heterocycles. The van der Waals surface area contributed by atoms with Gasteiger partial charge in [0, 0.05) is 6.07 Å². The van der Waals surface area contributed by atoms with Gasteiger partial charge in [0.05, 0.1) is 22.1 Å². The Kier molecular flexibility index (Phi) is 2.16. The molecule has 0 unspecified atom stereocenters. The summed E-state index contributed by atoms with van der Waals surface area (Å²) in [6.45, 7) is 0. The number of imidazole rings is 1. The summed E-state index contributed by atoms with van der Waals surface area (Å²) in [5.41, 5.74) is 4.14. The Hall–Kier alpha value is -3.21. The molecule has 0 amide bonds. The third-order valence-corrected chi connectivity index (χ3v) is 3.81. The number of furan rings is 1. The van der Waals surface area contributed by atoms with Gasteiger partial charge in [-0.15, -0.1) is 0 Å². The van der Waals surface area contributed by atoms with Gasteiger partial charge in [-0.25, -0.2) is 9.67 Å². The first kappa shape index (κ1) is 11.4. The number of fused-ring (bicyclic) bond motifs is 2. The van der Waals surface area contributed by atoms with Crippen LogP contribution in [-0.4, -0.2) is 19.7 Å². The van der Waals surface area contributed by atoms with Crippen LogP contribution < -0.4 is 0 Å². The van der Waals surface area contributed by atoms with Crippen molar-refractivity contribution in [3.8, 4) is 17.5 Å². The molecule has 0 aliphatic heterocycles. The molecule has 0 aliphatic carbocycles. The molecule has 0 saturated heterocycles. The zero-order valence-electron chi connectivity index (χ0n) is 11.6.